The van der Waals surface area contributed by atoms with Gasteiger partial charge in [0.05, 0.1) is 22.3 Å². The van der Waals surface area contributed by atoms with E-state index in [0.29, 0.717) is 28.9 Å². The molecule has 11 heteroatoms. The summed E-state index contributed by atoms with van der Waals surface area (Å²) >= 11 is 0. The van der Waals surface area contributed by atoms with Crippen LogP contribution in [0.1, 0.15) is 5.56 Å². The number of ether oxygens (including phenoxy) is 1. The molecule has 1 aromatic heterocycles. The Kier molecular flexibility index (Phi) is 5.78. The third-order valence-electron chi connectivity index (χ3n) is 4.39. The van der Waals surface area contributed by atoms with Gasteiger partial charge in [0.25, 0.3) is 0 Å². The normalized spacial score (nSPS) is 11.3. The van der Waals surface area contributed by atoms with Crippen molar-refractivity contribution in [2.24, 2.45) is 0 Å². The maximum atomic E-state index is 14.4. The van der Waals surface area contributed by atoms with Crippen molar-refractivity contribution in [3.63, 3.8) is 0 Å². The first-order chi connectivity index (χ1) is 15.7. The molecule has 0 aliphatic heterocycles. The minimum Gasteiger partial charge on any atom is -0.457 e. The monoisotopic (exact) mass is 460 g/mol. The van der Waals surface area contributed by atoms with Gasteiger partial charge in [0, 0.05) is 30.2 Å². The van der Waals surface area contributed by atoms with Gasteiger partial charge in [-0.3, -0.25) is 9.97 Å². The smallest absolute Gasteiger partial charge is 0.419 e. The molecule has 2 N–H and O–H groups in total. The lowest BCUT2D eigenvalue weighted by Gasteiger charge is -2.12. The van der Waals surface area contributed by atoms with Crippen LogP contribution in [0.4, 0.5) is 38.1 Å². The number of benzene rings is 3. The Morgan fingerprint density at radius 3 is 2.21 bits per heavy atom. The molecular weight excluding hydrogens is 447 g/mol. The Labute approximate surface area is 183 Å². The van der Waals surface area contributed by atoms with Gasteiger partial charge in [0.15, 0.2) is 0 Å². The average Bonchev–Trinajstić information content (AvgIpc) is 2.76. The van der Waals surface area contributed by atoms with Crippen molar-refractivity contribution in [1.82, 2.24) is 9.97 Å². The number of nitrogens with one attached hydrogen (secondary N) is 2. The summed E-state index contributed by atoms with van der Waals surface area (Å²) in [5.41, 5.74) is -0.860. The number of rotatable bonds is 4. The van der Waals surface area contributed by atoms with Crippen LogP contribution in [0, 0.1) is 11.6 Å². The first kappa shape index (κ1) is 21.9. The topological polar surface area (TPSA) is 76.1 Å². The van der Waals surface area contributed by atoms with Gasteiger partial charge in [-0.25, -0.2) is 13.6 Å². The Bertz CT molecular complexity index is 1340. The van der Waals surface area contributed by atoms with Crippen LogP contribution in [0.2, 0.25) is 0 Å². The van der Waals surface area contributed by atoms with Crippen LogP contribution in [-0.4, -0.2) is 16.0 Å². The predicted octanol–water partition coefficient (Wildman–Crippen LogP) is 6.36. The molecule has 0 atom stereocenters. The molecule has 0 aliphatic rings. The highest BCUT2D eigenvalue weighted by molar-refractivity contribution is 5.99. The Hall–Kier alpha value is -4.28. The number of aromatic nitrogens is 2. The molecule has 0 fully saturated rings. The van der Waals surface area contributed by atoms with E-state index in [9.17, 15) is 26.7 Å². The van der Waals surface area contributed by atoms with Gasteiger partial charge in [0.1, 0.15) is 23.1 Å². The highest BCUT2D eigenvalue weighted by Gasteiger charge is 2.34. The molecule has 0 aliphatic carbocycles. The fourth-order valence-electron chi connectivity index (χ4n) is 2.91. The summed E-state index contributed by atoms with van der Waals surface area (Å²) in [6.45, 7) is 0. The summed E-state index contributed by atoms with van der Waals surface area (Å²) in [5, 5.41) is 4.27. The minimum atomic E-state index is -4.93. The lowest BCUT2D eigenvalue weighted by molar-refractivity contribution is -0.139. The zero-order chi connectivity index (χ0) is 23.6. The van der Waals surface area contributed by atoms with Crippen LogP contribution in [0.5, 0.6) is 11.5 Å². The van der Waals surface area contributed by atoms with E-state index < -0.39 is 29.4 Å². The Morgan fingerprint density at radius 2 is 1.48 bits per heavy atom. The number of nitrogens with zero attached hydrogens (tertiary/aromatic N) is 2. The maximum absolute atomic E-state index is 14.4. The van der Waals surface area contributed by atoms with Crippen molar-refractivity contribution in [3.05, 3.63) is 84.2 Å². The number of anilines is 2. The molecule has 0 unspecified atom stereocenters. The highest BCUT2D eigenvalue weighted by atomic mass is 19.4. The van der Waals surface area contributed by atoms with Crippen molar-refractivity contribution in [2.75, 3.05) is 10.6 Å². The van der Waals surface area contributed by atoms with Crippen molar-refractivity contribution >= 4 is 28.4 Å². The summed E-state index contributed by atoms with van der Waals surface area (Å²) in [7, 11) is 0. The molecule has 1 heterocycles. The largest absolute Gasteiger partial charge is 0.457 e. The standard InChI is InChI=1S/C22H13F5N4O2/c23-16-4-1-12(9-15(16)22(25,26)27)30-21(32)31-18-5-2-13(10-17(18)24)33-14-3-6-19-20(11-14)29-8-7-28-19/h1-11H,(H2,30,31,32). The van der Waals surface area contributed by atoms with E-state index in [-0.39, 0.29) is 17.1 Å². The molecular formula is C22H13F5N4O2. The van der Waals surface area contributed by atoms with Gasteiger partial charge in [0.2, 0.25) is 0 Å². The third-order valence-corrected chi connectivity index (χ3v) is 4.39. The molecule has 6 nitrogen and oxygen atoms in total. The predicted molar refractivity (Wildman–Crippen MR) is 110 cm³/mol. The average molecular weight is 460 g/mol. The number of amides is 2. The summed E-state index contributed by atoms with van der Waals surface area (Å²) in [6, 6.07) is 9.52. The molecule has 2 amide bonds. The molecule has 4 rings (SSSR count). The van der Waals surface area contributed by atoms with Crippen molar-refractivity contribution in [2.45, 2.75) is 6.18 Å². The molecule has 0 saturated carbocycles. The van der Waals surface area contributed by atoms with Crippen molar-refractivity contribution < 1.29 is 31.5 Å². The second-order valence-electron chi connectivity index (χ2n) is 6.72. The highest BCUT2D eigenvalue weighted by Crippen LogP contribution is 2.33. The maximum Gasteiger partial charge on any atom is 0.419 e. The van der Waals surface area contributed by atoms with Crippen molar-refractivity contribution in [3.8, 4) is 11.5 Å². The number of carbonyl (C=O) groups excluding carboxylic acids is 1. The van der Waals surface area contributed by atoms with Gasteiger partial charge in [-0.2, -0.15) is 13.2 Å². The lowest BCUT2D eigenvalue weighted by Crippen LogP contribution is -2.20. The van der Waals surface area contributed by atoms with E-state index >= 15 is 0 Å². The van der Waals surface area contributed by atoms with Crippen LogP contribution in [-0.2, 0) is 6.18 Å². The fraction of sp³-hybridized carbons (Fsp3) is 0.0455. The number of carbonyl (C=O) groups is 1. The molecule has 0 bridgehead atoms. The van der Waals surface area contributed by atoms with E-state index in [2.05, 4.69) is 20.6 Å². The molecule has 3 aromatic carbocycles. The zero-order valence-electron chi connectivity index (χ0n) is 16.5. The van der Waals surface area contributed by atoms with Crippen LogP contribution in [0.3, 0.4) is 0 Å². The number of hydrogen-bond donors (Lipinski definition) is 2. The molecule has 33 heavy (non-hydrogen) atoms. The minimum absolute atomic E-state index is 0.134. The number of hydrogen-bond acceptors (Lipinski definition) is 4. The van der Waals surface area contributed by atoms with E-state index in [1.807, 2.05) is 0 Å². The van der Waals surface area contributed by atoms with Crippen LogP contribution < -0.4 is 15.4 Å². The van der Waals surface area contributed by atoms with Gasteiger partial charge < -0.3 is 15.4 Å². The second-order valence-corrected chi connectivity index (χ2v) is 6.72. The number of urea groups is 1. The number of alkyl halides is 3. The Morgan fingerprint density at radius 1 is 0.788 bits per heavy atom. The van der Waals surface area contributed by atoms with Gasteiger partial charge in [-0.1, -0.05) is 0 Å². The SMILES string of the molecule is O=C(Nc1ccc(F)c(C(F)(F)F)c1)Nc1ccc(Oc2ccc3nccnc3c2)cc1F. The summed E-state index contributed by atoms with van der Waals surface area (Å²) < 4.78 is 71.8. The number of halogens is 5. The second kappa shape index (κ2) is 8.69. The molecule has 0 radical (unpaired) electrons. The fourth-order valence-corrected chi connectivity index (χ4v) is 2.91. The first-order valence-corrected chi connectivity index (χ1v) is 9.32. The third kappa shape index (κ3) is 5.14. The lowest BCUT2D eigenvalue weighted by atomic mass is 10.2. The first-order valence-electron chi connectivity index (χ1n) is 9.32. The summed E-state index contributed by atoms with van der Waals surface area (Å²) in [5.74, 6) is -1.81. The van der Waals surface area contributed by atoms with Crippen LogP contribution >= 0.6 is 0 Å². The molecule has 0 spiro atoms. The molecule has 168 valence electrons. The van der Waals surface area contributed by atoms with Gasteiger partial charge in [-0.15, -0.1) is 0 Å². The Balaban J connectivity index is 1.44. The van der Waals surface area contributed by atoms with Crippen LogP contribution in [0.15, 0.2) is 67.0 Å². The quantitative estimate of drug-likeness (QED) is 0.348. The number of fused-ring (bicyclic) bond motifs is 1. The van der Waals surface area contributed by atoms with E-state index in [0.717, 1.165) is 12.1 Å². The van der Waals surface area contributed by atoms with E-state index in [1.54, 1.807) is 24.4 Å². The molecule has 0 saturated heterocycles. The van der Waals surface area contributed by atoms with E-state index in [4.69, 9.17) is 4.74 Å². The summed E-state index contributed by atoms with van der Waals surface area (Å²) in [4.78, 5) is 20.4. The van der Waals surface area contributed by atoms with Crippen molar-refractivity contribution in [1.29, 1.82) is 0 Å². The molecule has 4 aromatic rings. The zero-order valence-corrected chi connectivity index (χ0v) is 16.5. The van der Waals surface area contributed by atoms with Gasteiger partial charge >= 0.3 is 12.2 Å². The van der Waals surface area contributed by atoms with Crippen LogP contribution in [0.25, 0.3) is 11.0 Å². The van der Waals surface area contributed by atoms with Gasteiger partial charge in [-0.05, 0) is 42.5 Å². The van der Waals surface area contributed by atoms with E-state index in [1.165, 1.54) is 18.3 Å². The summed E-state index contributed by atoms with van der Waals surface area (Å²) in [6.07, 6.45) is -1.86.